The Hall–Kier alpha value is -2.52. The Morgan fingerprint density at radius 3 is 2.60 bits per heavy atom. The largest absolute Gasteiger partial charge is 0.468 e. The standard InChI is InChI=1S/C13H12ClN3O3/c1-20-12(18)8-16-7-9(6-15)13(19)17-11-4-2-10(14)3-5-11/h2-5,7,16H,8H2,1H3,(H,17,19)/b9-7-. The SMILES string of the molecule is COC(=O)CN/C=C(/C#N)C(=O)Nc1ccc(Cl)cc1. The van der Waals surface area contributed by atoms with Crippen molar-refractivity contribution in [2.45, 2.75) is 0 Å². The van der Waals surface area contributed by atoms with Gasteiger partial charge in [-0.2, -0.15) is 5.26 Å². The number of carbonyl (C=O) groups is 2. The van der Waals surface area contributed by atoms with E-state index < -0.39 is 11.9 Å². The van der Waals surface area contributed by atoms with E-state index in [-0.39, 0.29) is 12.1 Å². The van der Waals surface area contributed by atoms with Crippen molar-refractivity contribution in [3.05, 3.63) is 41.1 Å². The van der Waals surface area contributed by atoms with Crippen LogP contribution in [-0.2, 0) is 14.3 Å². The molecule has 2 N–H and O–H groups in total. The molecule has 0 atom stereocenters. The zero-order valence-corrected chi connectivity index (χ0v) is 11.4. The molecule has 0 radical (unpaired) electrons. The van der Waals surface area contributed by atoms with E-state index in [1.54, 1.807) is 30.3 Å². The first-order chi connectivity index (χ1) is 9.56. The molecule has 0 aliphatic rings. The maximum Gasteiger partial charge on any atom is 0.325 e. The molecule has 1 rings (SSSR count). The van der Waals surface area contributed by atoms with E-state index in [0.717, 1.165) is 6.20 Å². The third kappa shape index (κ3) is 5.00. The van der Waals surface area contributed by atoms with Gasteiger partial charge in [0.05, 0.1) is 7.11 Å². The normalized spacial score (nSPS) is 10.3. The van der Waals surface area contributed by atoms with Gasteiger partial charge in [0, 0.05) is 16.9 Å². The van der Waals surface area contributed by atoms with Crippen LogP contribution in [0, 0.1) is 11.3 Å². The van der Waals surface area contributed by atoms with Gasteiger partial charge >= 0.3 is 5.97 Å². The molecular weight excluding hydrogens is 282 g/mol. The van der Waals surface area contributed by atoms with Crippen LogP contribution in [-0.4, -0.2) is 25.5 Å². The van der Waals surface area contributed by atoms with Gasteiger partial charge in [-0.3, -0.25) is 9.59 Å². The summed E-state index contributed by atoms with van der Waals surface area (Å²) in [6, 6.07) is 8.18. The molecule has 0 bridgehead atoms. The molecule has 0 heterocycles. The minimum Gasteiger partial charge on any atom is -0.468 e. The van der Waals surface area contributed by atoms with Crippen LogP contribution in [0.5, 0.6) is 0 Å². The predicted molar refractivity (Wildman–Crippen MR) is 73.8 cm³/mol. The Labute approximate surface area is 121 Å². The van der Waals surface area contributed by atoms with E-state index in [2.05, 4.69) is 15.4 Å². The van der Waals surface area contributed by atoms with Gasteiger partial charge in [-0.1, -0.05) is 11.6 Å². The number of ether oxygens (including phenoxy) is 1. The summed E-state index contributed by atoms with van der Waals surface area (Å²) in [4.78, 5) is 22.6. The molecule has 0 unspecified atom stereocenters. The lowest BCUT2D eigenvalue weighted by Gasteiger charge is -2.04. The lowest BCUT2D eigenvalue weighted by atomic mass is 10.2. The molecule has 1 amide bonds. The van der Waals surface area contributed by atoms with Crippen molar-refractivity contribution in [2.24, 2.45) is 0 Å². The van der Waals surface area contributed by atoms with E-state index >= 15 is 0 Å². The number of nitrogens with zero attached hydrogens (tertiary/aromatic N) is 1. The maximum atomic E-state index is 11.8. The smallest absolute Gasteiger partial charge is 0.325 e. The molecule has 0 fully saturated rings. The number of anilines is 1. The van der Waals surface area contributed by atoms with Crippen molar-refractivity contribution in [1.29, 1.82) is 5.26 Å². The third-order valence-corrected chi connectivity index (χ3v) is 2.44. The Morgan fingerprint density at radius 1 is 1.40 bits per heavy atom. The van der Waals surface area contributed by atoms with E-state index in [1.807, 2.05) is 0 Å². The molecule has 1 aromatic rings. The Balaban J connectivity index is 2.63. The molecule has 0 aromatic heterocycles. The molecule has 0 aliphatic carbocycles. The molecular formula is C13H12ClN3O3. The Bertz CT molecular complexity index is 561. The van der Waals surface area contributed by atoms with Crippen molar-refractivity contribution in [3.63, 3.8) is 0 Å². The first-order valence-corrected chi connectivity index (χ1v) is 5.92. The number of benzene rings is 1. The second kappa shape index (κ2) is 7.81. The second-order valence-electron chi connectivity index (χ2n) is 3.59. The zero-order chi connectivity index (χ0) is 15.0. The summed E-state index contributed by atoms with van der Waals surface area (Å²) in [5, 5.41) is 14.5. The highest BCUT2D eigenvalue weighted by Gasteiger charge is 2.09. The van der Waals surface area contributed by atoms with E-state index in [4.69, 9.17) is 16.9 Å². The first-order valence-electron chi connectivity index (χ1n) is 5.54. The highest BCUT2D eigenvalue weighted by Crippen LogP contribution is 2.13. The van der Waals surface area contributed by atoms with Crippen molar-refractivity contribution in [1.82, 2.24) is 5.32 Å². The van der Waals surface area contributed by atoms with Crippen LogP contribution in [0.15, 0.2) is 36.0 Å². The molecule has 0 saturated heterocycles. The van der Waals surface area contributed by atoms with E-state index in [1.165, 1.54) is 7.11 Å². The minimum atomic E-state index is -0.591. The summed E-state index contributed by atoms with van der Waals surface area (Å²) in [7, 11) is 1.24. The number of amides is 1. The summed E-state index contributed by atoms with van der Waals surface area (Å²) in [5.41, 5.74) is 0.345. The fourth-order valence-corrected chi connectivity index (χ4v) is 1.31. The number of carbonyl (C=O) groups excluding carboxylic acids is 2. The monoisotopic (exact) mass is 293 g/mol. The second-order valence-corrected chi connectivity index (χ2v) is 4.02. The van der Waals surface area contributed by atoms with Crippen LogP contribution in [0.2, 0.25) is 5.02 Å². The number of esters is 1. The number of hydrogen-bond donors (Lipinski definition) is 2. The summed E-state index contributed by atoms with van der Waals surface area (Å²) >= 11 is 5.72. The molecule has 1 aromatic carbocycles. The van der Waals surface area contributed by atoms with E-state index in [9.17, 15) is 9.59 Å². The number of nitriles is 1. The van der Waals surface area contributed by atoms with Gasteiger partial charge in [0.2, 0.25) is 0 Å². The van der Waals surface area contributed by atoms with Crippen LogP contribution >= 0.6 is 11.6 Å². The summed E-state index contributed by atoms with van der Waals surface area (Å²) in [5.74, 6) is -1.09. The topological polar surface area (TPSA) is 91.2 Å². The average Bonchev–Trinajstić information content (AvgIpc) is 2.45. The summed E-state index contributed by atoms with van der Waals surface area (Å²) in [6.07, 6.45) is 1.15. The lowest BCUT2D eigenvalue weighted by molar-refractivity contribution is -0.139. The van der Waals surface area contributed by atoms with Crippen LogP contribution < -0.4 is 10.6 Å². The van der Waals surface area contributed by atoms with E-state index in [0.29, 0.717) is 10.7 Å². The van der Waals surface area contributed by atoms with Gasteiger partial charge in [-0.05, 0) is 24.3 Å². The highest BCUT2D eigenvalue weighted by atomic mass is 35.5. The fraction of sp³-hybridized carbons (Fsp3) is 0.154. The zero-order valence-electron chi connectivity index (χ0n) is 10.6. The van der Waals surface area contributed by atoms with Gasteiger partial charge < -0.3 is 15.4 Å². The lowest BCUT2D eigenvalue weighted by Crippen LogP contribution is -2.22. The molecule has 0 aliphatic heterocycles. The Kier molecular flexibility index (Phi) is 6.07. The minimum absolute atomic E-state index is 0.129. The van der Waals surface area contributed by atoms with Crippen LogP contribution in [0.25, 0.3) is 0 Å². The van der Waals surface area contributed by atoms with Gasteiger partial charge in [-0.15, -0.1) is 0 Å². The van der Waals surface area contributed by atoms with Crippen molar-refractivity contribution < 1.29 is 14.3 Å². The summed E-state index contributed by atoms with van der Waals surface area (Å²) in [6.45, 7) is -0.129. The molecule has 7 heteroatoms. The van der Waals surface area contributed by atoms with Gasteiger partial charge in [0.1, 0.15) is 18.2 Å². The van der Waals surface area contributed by atoms with Crippen molar-refractivity contribution >= 4 is 29.2 Å². The quantitative estimate of drug-likeness (QED) is 0.487. The molecule has 0 spiro atoms. The predicted octanol–water partition coefficient (Wildman–Crippen LogP) is 1.45. The fourth-order valence-electron chi connectivity index (χ4n) is 1.19. The maximum absolute atomic E-state index is 11.8. The number of hydrogen-bond acceptors (Lipinski definition) is 5. The molecule has 0 saturated carbocycles. The Morgan fingerprint density at radius 2 is 2.05 bits per heavy atom. The highest BCUT2D eigenvalue weighted by molar-refractivity contribution is 6.30. The number of halogens is 1. The molecule has 20 heavy (non-hydrogen) atoms. The van der Waals surface area contributed by atoms with Crippen molar-refractivity contribution in [3.8, 4) is 6.07 Å². The number of methoxy groups -OCH3 is 1. The van der Waals surface area contributed by atoms with Crippen LogP contribution in [0.3, 0.4) is 0 Å². The molecule has 104 valence electrons. The third-order valence-electron chi connectivity index (χ3n) is 2.19. The summed E-state index contributed by atoms with van der Waals surface area (Å²) < 4.78 is 4.41. The van der Waals surface area contributed by atoms with Crippen LogP contribution in [0.4, 0.5) is 5.69 Å². The first kappa shape index (κ1) is 15.5. The number of rotatable bonds is 5. The van der Waals surface area contributed by atoms with Gasteiger partial charge in [0.15, 0.2) is 0 Å². The number of nitrogens with one attached hydrogen (secondary N) is 2. The van der Waals surface area contributed by atoms with Gasteiger partial charge in [0.25, 0.3) is 5.91 Å². The molecule has 6 nitrogen and oxygen atoms in total. The van der Waals surface area contributed by atoms with Crippen LogP contribution in [0.1, 0.15) is 0 Å². The van der Waals surface area contributed by atoms with Gasteiger partial charge in [-0.25, -0.2) is 0 Å². The average molecular weight is 294 g/mol. The van der Waals surface area contributed by atoms with Crippen molar-refractivity contribution in [2.75, 3.05) is 19.0 Å².